The first kappa shape index (κ1) is 18.7. The highest BCUT2D eigenvalue weighted by Gasteiger charge is 2.30. The molecule has 0 unspecified atom stereocenters. The zero-order chi connectivity index (χ0) is 19.8. The molecule has 0 saturated heterocycles. The minimum absolute atomic E-state index is 0.185. The van der Waals surface area contributed by atoms with Crippen LogP contribution in [-0.4, -0.2) is 23.6 Å². The minimum Gasteiger partial charge on any atom is -0.464 e. The number of aromatic nitrogens is 1. The monoisotopic (exact) mass is 396 g/mol. The first-order valence-electron chi connectivity index (χ1n) is 9.57. The zero-order valence-electron chi connectivity index (χ0n) is 16.4. The van der Waals surface area contributed by atoms with Gasteiger partial charge >= 0.3 is 5.97 Å². The van der Waals surface area contributed by atoms with E-state index >= 15 is 0 Å². The van der Waals surface area contributed by atoms with Crippen molar-refractivity contribution in [3.8, 4) is 0 Å². The molecular formula is C22H24N2O3S. The van der Waals surface area contributed by atoms with Crippen LogP contribution in [-0.2, 0) is 28.9 Å². The summed E-state index contributed by atoms with van der Waals surface area (Å²) >= 11 is 1.74. The Morgan fingerprint density at radius 3 is 2.75 bits per heavy atom. The number of benzene rings is 1. The number of nitrogens with zero attached hydrogens (tertiary/aromatic N) is 1. The molecule has 1 aliphatic carbocycles. The maximum Gasteiger partial charge on any atom is 0.356 e. The largest absolute Gasteiger partial charge is 0.464 e. The Morgan fingerprint density at radius 1 is 1.25 bits per heavy atom. The van der Waals surface area contributed by atoms with Gasteiger partial charge in [-0.1, -0.05) is 29.8 Å². The normalized spacial score (nSPS) is 13.4. The van der Waals surface area contributed by atoms with Gasteiger partial charge in [0.2, 0.25) is 5.91 Å². The number of rotatable bonds is 4. The number of carbonyl (C=O) groups excluding carboxylic acids is 2. The van der Waals surface area contributed by atoms with Crippen LogP contribution < -0.4 is 5.32 Å². The van der Waals surface area contributed by atoms with Gasteiger partial charge in [-0.05, 0) is 43.7 Å². The summed E-state index contributed by atoms with van der Waals surface area (Å²) in [5.41, 5.74) is 4.59. The Balaban J connectivity index is 1.98. The highest BCUT2D eigenvalue weighted by Crippen LogP contribution is 2.44. The number of methoxy groups -OCH3 is 1. The Morgan fingerprint density at radius 2 is 2.04 bits per heavy atom. The van der Waals surface area contributed by atoms with Gasteiger partial charge in [-0.15, -0.1) is 11.3 Å². The summed E-state index contributed by atoms with van der Waals surface area (Å²) in [6, 6.07) is 8.27. The van der Waals surface area contributed by atoms with E-state index in [0.717, 1.165) is 35.0 Å². The van der Waals surface area contributed by atoms with Crippen LogP contribution in [0.5, 0.6) is 0 Å². The molecule has 146 valence electrons. The molecule has 3 aromatic rings. The van der Waals surface area contributed by atoms with Crippen LogP contribution in [0.25, 0.3) is 10.2 Å². The summed E-state index contributed by atoms with van der Waals surface area (Å²) in [6.07, 6.45) is 4.37. The molecule has 2 heterocycles. The molecule has 0 aliphatic heterocycles. The number of carbonyl (C=O) groups is 2. The summed E-state index contributed by atoms with van der Waals surface area (Å²) in [5.74, 6) is -0.611. The predicted octanol–water partition coefficient (Wildman–Crippen LogP) is 4.68. The first-order valence-corrected chi connectivity index (χ1v) is 10.4. The van der Waals surface area contributed by atoms with Gasteiger partial charge in [-0.25, -0.2) is 4.79 Å². The van der Waals surface area contributed by atoms with Gasteiger partial charge in [0.25, 0.3) is 0 Å². The lowest BCUT2D eigenvalue weighted by Gasteiger charge is -2.14. The van der Waals surface area contributed by atoms with Crippen molar-refractivity contribution in [1.82, 2.24) is 4.57 Å². The molecule has 0 fully saturated rings. The highest BCUT2D eigenvalue weighted by molar-refractivity contribution is 7.19. The molecule has 1 amide bonds. The van der Waals surface area contributed by atoms with Crippen molar-refractivity contribution in [2.24, 2.45) is 0 Å². The number of hydrogen-bond donors (Lipinski definition) is 1. The summed E-state index contributed by atoms with van der Waals surface area (Å²) in [5, 5.41) is 3.95. The Kier molecular flexibility index (Phi) is 4.98. The molecule has 0 saturated carbocycles. The van der Waals surface area contributed by atoms with Crippen LogP contribution in [0.4, 0.5) is 5.69 Å². The van der Waals surface area contributed by atoms with Gasteiger partial charge in [0, 0.05) is 23.7 Å². The molecule has 2 aromatic heterocycles. The molecule has 5 nitrogen and oxygen atoms in total. The molecule has 4 rings (SSSR count). The van der Waals surface area contributed by atoms with Gasteiger partial charge in [0.1, 0.15) is 4.83 Å². The van der Waals surface area contributed by atoms with Crippen LogP contribution in [0.2, 0.25) is 0 Å². The van der Waals surface area contributed by atoms with Crippen LogP contribution in [0.3, 0.4) is 0 Å². The van der Waals surface area contributed by atoms with E-state index in [1.54, 1.807) is 11.3 Å². The lowest BCUT2D eigenvalue weighted by atomic mass is 9.96. The SMILES string of the molecule is COC(=O)c1c(NC(C)=O)c2c3c(sc2n1Cc1cccc(C)c1)CCCC3. The third kappa shape index (κ3) is 3.22. The van der Waals surface area contributed by atoms with Crippen molar-refractivity contribution in [1.29, 1.82) is 0 Å². The third-order valence-corrected chi connectivity index (χ3v) is 6.57. The number of esters is 1. The summed E-state index contributed by atoms with van der Waals surface area (Å²) < 4.78 is 7.12. The average Bonchev–Trinajstić information content (AvgIpc) is 3.17. The molecule has 6 heteroatoms. The van der Waals surface area contributed by atoms with E-state index in [1.807, 2.05) is 10.6 Å². The molecule has 28 heavy (non-hydrogen) atoms. The van der Waals surface area contributed by atoms with Crippen molar-refractivity contribution < 1.29 is 14.3 Å². The standard InChI is InChI=1S/C22H24N2O3S/c1-13-7-6-8-15(11-13)12-24-20(22(26)27-3)19(23-14(2)25)18-16-9-4-5-10-17(16)28-21(18)24/h6-8,11H,4-5,9-10,12H2,1-3H3,(H,23,25). The van der Waals surface area contributed by atoms with E-state index in [-0.39, 0.29) is 5.91 Å². The van der Waals surface area contributed by atoms with E-state index in [9.17, 15) is 9.59 Å². The Hall–Kier alpha value is -2.60. The number of nitrogens with one attached hydrogen (secondary N) is 1. The Labute approximate surface area is 168 Å². The maximum absolute atomic E-state index is 12.7. The van der Waals surface area contributed by atoms with E-state index in [0.29, 0.717) is 17.9 Å². The Bertz CT molecular complexity index is 1080. The zero-order valence-corrected chi connectivity index (χ0v) is 17.2. The quantitative estimate of drug-likeness (QED) is 0.651. The second-order valence-electron chi connectivity index (χ2n) is 7.36. The van der Waals surface area contributed by atoms with Crippen LogP contribution in [0.15, 0.2) is 24.3 Å². The molecule has 1 aromatic carbocycles. The van der Waals surface area contributed by atoms with Crippen molar-refractivity contribution in [2.45, 2.75) is 46.1 Å². The van der Waals surface area contributed by atoms with E-state index in [4.69, 9.17) is 4.74 Å². The van der Waals surface area contributed by atoms with Gasteiger partial charge in [-0.3, -0.25) is 4.79 Å². The third-order valence-electron chi connectivity index (χ3n) is 5.26. The molecule has 0 radical (unpaired) electrons. The van der Waals surface area contributed by atoms with Crippen LogP contribution >= 0.6 is 11.3 Å². The lowest BCUT2D eigenvalue weighted by Crippen LogP contribution is -2.16. The second kappa shape index (κ2) is 7.43. The van der Waals surface area contributed by atoms with Crippen LogP contribution in [0.1, 0.15) is 51.8 Å². The van der Waals surface area contributed by atoms with E-state index in [1.165, 1.54) is 36.5 Å². The smallest absolute Gasteiger partial charge is 0.356 e. The fourth-order valence-corrected chi connectivity index (χ4v) is 5.51. The van der Waals surface area contributed by atoms with Crippen molar-refractivity contribution in [3.05, 3.63) is 51.5 Å². The number of amides is 1. The molecule has 0 atom stereocenters. The number of fused-ring (bicyclic) bond motifs is 3. The maximum atomic E-state index is 12.7. The van der Waals surface area contributed by atoms with Crippen molar-refractivity contribution in [2.75, 3.05) is 12.4 Å². The highest BCUT2D eigenvalue weighted by atomic mass is 32.1. The number of ether oxygens (including phenoxy) is 1. The number of anilines is 1. The fraction of sp³-hybridized carbons (Fsp3) is 0.364. The van der Waals surface area contributed by atoms with Gasteiger partial charge < -0.3 is 14.6 Å². The second-order valence-corrected chi connectivity index (χ2v) is 8.45. The number of hydrogen-bond acceptors (Lipinski definition) is 4. The van der Waals surface area contributed by atoms with E-state index < -0.39 is 5.97 Å². The van der Waals surface area contributed by atoms with Crippen molar-refractivity contribution in [3.63, 3.8) is 0 Å². The number of aryl methyl sites for hydroxylation is 3. The van der Waals surface area contributed by atoms with Gasteiger partial charge in [0.05, 0.1) is 12.8 Å². The molecule has 1 N–H and O–H groups in total. The summed E-state index contributed by atoms with van der Waals surface area (Å²) in [6.45, 7) is 4.09. The topological polar surface area (TPSA) is 60.3 Å². The summed E-state index contributed by atoms with van der Waals surface area (Å²) in [4.78, 5) is 27.1. The van der Waals surface area contributed by atoms with Gasteiger partial charge in [0.15, 0.2) is 5.69 Å². The number of thiophene rings is 1. The summed E-state index contributed by atoms with van der Waals surface area (Å²) in [7, 11) is 1.38. The fourth-order valence-electron chi connectivity index (χ4n) is 4.10. The lowest BCUT2D eigenvalue weighted by molar-refractivity contribution is -0.114. The molecular weight excluding hydrogens is 372 g/mol. The minimum atomic E-state index is -0.427. The van der Waals surface area contributed by atoms with Gasteiger partial charge in [-0.2, -0.15) is 0 Å². The molecule has 0 spiro atoms. The molecule has 0 bridgehead atoms. The average molecular weight is 397 g/mol. The van der Waals surface area contributed by atoms with Crippen LogP contribution in [0, 0.1) is 6.92 Å². The van der Waals surface area contributed by atoms with Crippen molar-refractivity contribution >= 4 is 39.1 Å². The molecule has 1 aliphatic rings. The first-order chi connectivity index (χ1) is 13.5. The van der Waals surface area contributed by atoms with E-state index in [2.05, 4.69) is 30.4 Å². The predicted molar refractivity (Wildman–Crippen MR) is 112 cm³/mol.